The summed E-state index contributed by atoms with van der Waals surface area (Å²) < 4.78 is 14.8. The van der Waals surface area contributed by atoms with Crippen molar-refractivity contribution in [2.24, 2.45) is 0 Å². The maximum absolute atomic E-state index is 6.38. The number of hydrogen-bond acceptors (Lipinski definition) is 2. The molecule has 0 aliphatic carbocycles. The molecule has 4 heteroatoms. The van der Waals surface area contributed by atoms with Crippen molar-refractivity contribution in [2.45, 2.75) is 118 Å². The van der Waals surface area contributed by atoms with Crippen LogP contribution in [-0.2, 0) is 34.9 Å². The van der Waals surface area contributed by atoms with Gasteiger partial charge in [0, 0.05) is 20.1 Å². The fraction of sp³-hybridized carbons (Fsp3) is 0.500. The fourth-order valence-corrected chi connectivity index (χ4v) is 5.28. The molecule has 0 amide bonds. The predicted molar refractivity (Wildman–Crippen MR) is 178 cm³/mol. The molecule has 0 aromatic heterocycles. The number of halogens is 2. The topological polar surface area (TPSA) is 18.5 Å². The second kappa shape index (κ2) is 11.8. The third kappa shape index (κ3) is 8.61. The van der Waals surface area contributed by atoms with Crippen LogP contribution in [-0.4, -0.2) is 0 Å². The van der Waals surface area contributed by atoms with Gasteiger partial charge in [-0.1, -0.05) is 127 Å². The summed E-state index contributed by atoms with van der Waals surface area (Å²) >= 11 is 7.59. The van der Waals surface area contributed by atoms with E-state index in [-0.39, 0.29) is 21.7 Å². The monoisotopic (exact) mass is 670 g/mol. The van der Waals surface area contributed by atoms with Gasteiger partial charge in [0.05, 0.1) is 0 Å². The Labute approximate surface area is 260 Å². The van der Waals surface area contributed by atoms with Crippen LogP contribution in [0.5, 0.6) is 11.5 Å². The minimum atomic E-state index is 0.0463. The van der Waals surface area contributed by atoms with Crippen molar-refractivity contribution >= 4 is 31.9 Å². The number of benzene rings is 3. The van der Waals surface area contributed by atoms with Crippen LogP contribution in [0.2, 0.25) is 0 Å². The first-order valence-corrected chi connectivity index (χ1v) is 15.8. The molecular formula is C36H48Br2O2. The molecular weight excluding hydrogens is 624 g/mol. The van der Waals surface area contributed by atoms with E-state index < -0.39 is 0 Å². The Kier molecular flexibility index (Phi) is 9.69. The predicted octanol–water partition coefficient (Wildman–Crippen LogP) is 11.6. The maximum Gasteiger partial charge on any atom is 0.120 e. The molecule has 0 saturated heterocycles. The third-order valence-corrected chi connectivity index (χ3v) is 8.76. The molecule has 3 rings (SSSR count). The highest BCUT2D eigenvalue weighted by Gasteiger charge is 2.23. The highest BCUT2D eigenvalue weighted by atomic mass is 79.9. The van der Waals surface area contributed by atoms with Crippen molar-refractivity contribution in [1.29, 1.82) is 0 Å². The Morgan fingerprint density at radius 2 is 0.675 bits per heavy atom. The van der Waals surface area contributed by atoms with Crippen molar-refractivity contribution in [3.8, 4) is 11.5 Å². The lowest BCUT2D eigenvalue weighted by Crippen LogP contribution is -2.16. The van der Waals surface area contributed by atoms with Gasteiger partial charge in [-0.25, -0.2) is 0 Å². The van der Waals surface area contributed by atoms with Crippen LogP contribution in [0.1, 0.15) is 116 Å². The standard InChI is InChI=1S/C36H48Br2O2/c1-33(2,3)25-15-26(34(4,5)6)18-29(17-25)39-21-23-13-32(38)24(14-31(23)37)22-40-30-19-27(35(7,8)9)16-28(20-30)36(10,11)12/h13-20H,21-22H2,1-12H3. The van der Waals surface area contributed by atoms with Crippen molar-refractivity contribution in [3.63, 3.8) is 0 Å². The Bertz CT molecular complexity index is 1170. The highest BCUT2D eigenvalue weighted by Crippen LogP contribution is 2.36. The number of rotatable bonds is 6. The molecule has 0 bridgehead atoms. The van der Waals surface area contributed by atoms with Gasteiger partial charge in [-0.3, -0.25) is 0 Å². The van der Waals surface area contributed by atoms with E-state index in [2.05, 4.69) is 163 Å². The van der Waals surface area contributed by atoms with E-state index in [9.17, 15) is 0 Å². The van der Waals surface area contributed by atoms with Crippen LogP contribution in [0.4, 0.5) is 0 Å². The first kappa shape index (κ1) is 32.7. The lowest BCUT2D eigenvalue weighted by atomic mass is 9.80. The van der Waals surface area contributed by atoms with Crippen molar-refractivity contribution in [1.82, 2.24) is 0 Å². The minimum absolute atomic E-state index is 0.0463. The van der Waals surface area contributed by atoms with Gasteiger partial charge in [-0.05, 0) is 80.3 Å². The molecule has 0 heterocycles. The van der Waals surface area contributed by atoms with Crippen LogP contribution in [0, 0.1) is 0 Å². The Balaban J connectivity index is 1.81. The average molecular weight is 673 g/mol. The number of ether oxygens (including phenoxy) is 2. The zero-order valence-corrected chi connectivity index (χ0v) is 29.8. The summed E-state index contributed by atoms with van der Waals surface area (Å²) in [6.07, 6.45) is 0. The molecule has 0 aliphatic rings. The molecule has 0 saturated carbocycles. The molecule has 0 unspecified atom stereocenters. The van der Waals surface area contributed by atoms with E-state index in [0.29, 0.717) is 13.2 Å². The van der Waals surface area contributed by atoms with Crippen LogP contribution in [0.3, 0.4) is 0 Å². The van der Waals surface area contributed by atoms with Gasteiger partial charge < -0.3 is 9.47 Å². The smallest absolute Gasteiger partial charge is 0.120 e. The fourth-order valence-electron chi connectivity index (χ4n) is 4.27. The highest BCUT2D eigenvalue weighted by molar-refractivity contribution is 9.11. The van der Waals surface area contributed by atoms with E-state index in [0.717, 1.165) is 31.6 Å². The Morgan fingerprint density at radius 1 is 0.425 bits per heavy atom. The zero-order chi connectivity index (χ0) is 30.3. The second-order valence-electron chi connectivity index (χ2n) is 15.1. The van der Waals surface area contributed by atoms with Gasteiger partial charge in [-0.2, -0.15) is 0 Å². The molecule has 3 aromatic carbocycles. The van der Waals surface area contributed by atoms with Gasteiger partial charge in [0.15, 0.2) is 0 Å². The van der Waals surface area contributed by atoms with E-state index in [1.165, 1.54) is 22.3 Å². The summed E-state index contributed by atoms with van der Waals surface area (Å²) in [7, 11) is 0. The van der Waals surface area contributed by atoms with Gasteiger partial charge >= 0.3 is 0 Å². The molecule has 0 aliphatic heterocycles. The summed E-state index contributed by atoms with van der Waals surface area (Å²) in [6.45, 7) is 27.9. The van der Waals surface area contributed by atoms with Gasteiger partial charge in [-0.15, -0.1) is 0 Å². The lowest BCUT2D eigenvalue weighted by molar-refractivity contribution is 0.299. The summed E-state index contributed by atoms with van der Waals surface area (Å²) in [5, 5.41) is 0. The van der Waals surface area contributed by atoms with E-state index >= 15 is 0 Å². The largest absolute Gasteiger partial charge is 0.489 e. The molecule has 3 aromatic rings. The maximum atomic E-state index is 6.38. The van der Waals surface area contributed by atoms with Crippen LogP contribution < -0.4 is 9.47 Å². The van der Waals surface area contributed by atoms with Crippen LogP contribution >= 0.6 is 31.9 Å². The van der Waals surface area contributed by atoms with Crippen molar-refractivity contribution < 1.29 is 9.47 Å². The third-order valence-electron chi connectivity index (χ3n) is 7.28. The van der Waals surface area contributed by atoms with E-state index in [4.69, 9.17) is 9.47 Å². The first-order chi connectivity index (χ1) is 18.1. The van der Waals surface area contributed by atoms with Crippen molar-refractivity contribution in [3.05, 3.63) is 90.9 Å². The summed E-state index contributed by atoms with van der Waals surface area (Å²) in [5.74, 6) is 1.81. The van der Waals surface area contributed by atoms with Crippen molar-refractivity contribution in [2.75, 3.05) is 0 Å². The second-order valence-corrected chi connectivity index (χ2v) is 16.8. The van der Waals surface area contributed by atoms with Gasteiger partial charge in [0.2, 0.25) is 0 Å². The van der Waals surface area contributed by atoms with E-state index in [1.807, 2.05) is 0 Å². The molecule has 2 nitrogen and oxygen atoms in total. The molecule has 0 radical (unpaired) electrons. The van der Waals surface area contributed by atoms with Gasteiger partial charge in [0.25, 0.3) is 0 Å². The normalized spacial score (nSPS) is 12.9. The molecule has 218 valence electrons. The molecule has 0 N–H and O–H groups in total. The molecule has 0 spiro atoms. The summed E-state index contributed by atoms with van der Waals surface area (Å²) in [5.41, 5.74) is 7.49. The summed E-state index contributed by atoms with van der Waals surface area (Å²) in [6, 6.07) is 17.6. The molecule has 40 heavy (non-hydrogen) atoms. The van der Waals surface area contributed by atoms with Crippen LogP contribution in [0.15, 0.2) is 57.5 Å². The SMILES string of the molecule is CC(C)(C)c1cc(OCc2cc(Br)c(COc3cc(C(C)(C)C)cc(C(C)(C)C)c3)cc2Br)cc(C(C)(C)C)c1. The van der Waals surface area contributed by atoms with Gasteiger partial charge in [0.1, 0.15) is 24.7 Å². The quantitative estimate of drug-likeness (QED) is 0.260. The summed E-state index contributed by atoms with van der Waals surface area (Å²) in [4.78, 5) is 0. The molecule has 0 fully saturated rings. The van der Waals surface area contributed by atoms with E-state index in [1.54, 1.807) is 0 Å². The number of hydrogen-bond donors (Lipinski definition) is 0. The molecule has 0 atom stereocenters. The zero-order valence-electron chi connectivity index (χ0n) is 26.6. The Morgan fingerprint density at radius 3 is 0.900 bits per heavy atom. The Hall–Kier alpha value is -1.78. The average Bonchev–Trinajstić information content (AvgIpc) is 2.81. The lowest BCUT2D eigenvalue weighted by Gasteiger charge is -2.26. The van der Waals surface area contributed by atoms with Crippen LogP contribution in [0.25, 0.3) is 0 Å². The first-order valence-electron chi connectivity index (χ1n) is 14.2. The minimum Gasteiger partial charge on any atom is -0.489 e.